The first-order valence-corrected chi connectivity index (χ1v) is 4.19. The molecule has 0 saturated carbocycles. The molecule has 4 nitrogen and oxygen atoms in total. The number of nitrogen functional groups attached to an aromatic ring is 1. The maximum atomic E-state index is 9.58. The molecule has 0 radical (unpaired) electrons. The van der Waals surface area contributed by atoms with Crippen LogP contribution in [0.4, 0.5) is 5.82 Å². The minimum Gasteiger partial charge on any atom is -0.506 e. The fourth-order valence-corrected chi connectivity index (χ4v) is 1.38. The normalized spacial score (nSPS) is 10.6. The van der Waals surface area contributed by atoms with Crippen LogP contribution in [0.5, 0.6) is 5.75 Å². The molecule has 0 spiro atoms. The summed E-state index contributed by atoms with van der Waals surface area (Å²) < 4.78 is 0. The number of nitrogens with two attached hydrogens (primary N) is 1. The topological polar surface area (TPSA) is 79.4 Å². The molecule has 1 heterocycles. The van der Waals surface area contributed by atoms with Crippen molar-refractivity contribution in [1.29, 1.82) is 0 Å². The highest BCUT2D eigenvalue weighted by molar-refractivity contribution is 5.86. The van der Waals surface area contributed by atoms with Gasteiger partial charge in [-0.05, 0) is 29.8 Å². The SMILES string of the molecule is Nc1ccc2cc(CO)cc(O)c2n1. The number of pyridine rings is 1. The number of rotatable bonds is 1. The second kappa shape index (κ2) is 3.16. The molecule has 4 N–H and O–H groups in total. The first-order valence-electron chi connectivity index (χ1n) is 4.19. The summed E-state index contributed by atoms with van der Waals surface area (Å²) in [5.41, 5.74) is 6.61. The van der Waals surface area contributed by atoms with Crippen LogP contribution >= 0.6 is 0 Å². The molecule has 0 aliphatic carbocycles. The minimum atomic E-state index is -0.103. The van der Waals surface area contributed by atoms with Crippen LogP contribution in [0.25, 0.3) is 10.9 Å². The summed E-state index contributed by atoms with van der Waals surface area (Å²) in [6.45, 7) is -0.103. The number of aliphatic hydroxyl groups is 1. The number of aliphatic hydroxyl groups excluding tert-OH is 1. The van der Waals surface area contributed by atoms with E-state index in [0.717, 1.165) is 5.39 Å². The van der Waals surface area contributed by atoms with E-state index in [1.54, 1.807) is 18.2 Å². The van der Waals surface area contributed by atoms with Crippen LogP contribution in [0.3, 0.4) is 0 Å². The van der Waals surface area contributed by atoms with Gasteiger partial charge in [0.15, 0.2) is 0 Å². The number of benzene rings is 1. The van der Waals surface area contributed by atoms with Crippen molar-refractivity contribution in [2.45, 2.75) is 6.61 Å². The molecule has 1 aromatic heterocycles. The van der Waals surface area contributed by atoms with Crippen molar-refractivity contribution in [3.63, 3.8) is 0 Å². The number of phenols is 1. The van der Waals surface area contributed by atoms with Crippen LogP contribution in [0, 0.1) is 0 Å². The summed E-state index contributed by atoms with van der Waals surface area (Å²) in [5.74, 6) is 0.406. The Hall–Kier alpha value is -1.81. The molecule has 0 amide bonds. The second-order valence-electron chi connectivity index (χ2n) is 3.08. The largest absolute Gasteiger partial charge is 0.506 e. The van der Waals surface area contributed by atoms with Crippen LogP contribution in [-0.2, 0) is 6.61 Å². The predicted molar refractivity (Wildman–Crippen MR) is 53.7 cm³/mol. The summed E-state index contributed by atoms with van der Waals surface area (Å²) in [4.78, 5) is 4.00. The molecule has 2 rings (SSSR count). The second-order valence-corrected chi connectivity index (χ2v) is 3.08. The Bertz CT molecular complexity index is 483. The van der Waals surface area contributed by atoms with Gasteiger partial charge < -0.3 is 15.9 Å². The Morgan fingerprint density at radius 2 is 2.07 bits per heavy atom. The summed E-state index contributed by atoms with van der Waals surface area (Å²) in [6, 6.07) is 6.66. The number of hydrogen-bond acceptors (Lipinski definition) is 4. The van der Waals surface area contributed by atoms with Crippen molar-refractivity contribution in [1.82, 2.24) is 4.98 Å². The third-order valence-corrected chi connectivity index (χ3v) is 2.04. The van der Waals surface area contributed by atoms with Gasteiger partial charge in [-0.25, -0.2) is 4.98 Å². The van der Waals surface area contributed by atoms with E-state index < -0.39 is 0 Å². The molecule has 14 heavy (non-hydrogen) atoms. The van der Waals surface area contributed by atoms with E-state index in [9.17, 15) is 5.11 Å². The van der Waals surface area contributed by atoms with Gasteiger partial charge in [0.25, 0.3) is 0 Å². The molecule has 0 aliphatic heterocycles. The molecule has 0 aliphatic rings. The van der Waals surface area contributed by atoms with E-state index in [4.69, 9.17) is 10.8 Å². The summed E-state index contributed by atoms with van der Waals surface area (Å²) in [6.07, 6.45) is 0. The van der Waals surface area contributed by atoms with Gasteiger partial charge in [-0.3, -0.25) is 0 Å². The lowest BCUT2D eigenvalue weighted by atomic mass is 10.1. The predicted octanol–water partition coefficient (Wildman–Crippen LogP) is 1.01. The Kier molecular flexibility index (Phi) is 1.98. The minimum absolute atomic E-state index is 0.0406. The first kappa shape index (κ1) is 8.77. The zero-order valence-electron chi connectivity index (χ0n) is 7.44. The number of fused-ring (bicyclic) bond motifs is 1. The highest BCUT2D eigenvalue weighted by Gasteiger charge is 2.04. The van der Waals surface area contributed by atoms with Gasteiger partial charge in [-0.2, -0.15) is 0 Å². The van der Waals surface area contributed by atoms with Crippen LogP contribution < -0.4 is 5.73 Å². The molecule has 0 atom stereocenters. The molecule has 4 heteroatoms. The van der Waals surface area contributed by atoms with Crippen molar-refractivity contribution in [3.05, 3.63) is 29.8 Å². The molecular weight excluding hydrogens is 180 g/mol. The standard InChI is InChI=1S/C10H10N2O2/c11-9-2-1-7-3-6(5-13)4-8(14)10(7)12-9/h1-4,13-14H,5H2,(H2,11,12). The maximum absolute atomic E-state index is 9.58. The summed E-state index contributed by atoms with van der Waals surface area (Å²) in [5, 5.41) is 19.3. The summed E-state index contributed by atoms with van der Waals surface area (Å²) >= 11 is 0. The van der Waals surface area contributed by atoms with Gasteiger partial charge in [-0.1, -0.05) is 0 Å². The van der Waals surface area contributed by atoms with Gasteiger partial charge in [0.2, 0.25) is 0 Å². The van der Waals surface area contributed by atoms with Crippen molar-refractivity contribution in [2.75, 3.05) is 5.73 Å². The van der Waals surface area contributed by atoms with Crippen molar-refractivity contribution in [3.8, 4) is 5.75 Å². The van der Waals surface area contributed by atoms with Crippen molar-refractivity contribution >= 4 is 16.7 Å². The highest BCUT2D eigenvalue weighted by atomic mass is 16.3. The third-order valence-electron chi connectivity index (χ3n) is 2.04. The molecule has 1 aromatic carbocycles. The zero-order valence-corrected chi connectivity index (χ0v) is 7.44. The number of nitrogens with zero attached hydrogens (tertiary/aromatic N) is 1. The molecule has 0 fully saturated rings. The molecule has 0 saturated heterocycles. The molecule has 72 valence electrons. The number of aromatic hydroxyl groups is 1. The van der Waals surface area contributed by atoms with E-state index in [1.807, 2.05) is 0 Å². The quantitative estimate of drug-likeness (QED) is 0.627. The number of anilines is 1. The zero-order chi connectivity index (χ0) is 10.1. The highest BCUT2D eigenvalue weighted by Crippen LogP contribution is 2.25. The van der Waals surface area contributed by atoms with E-state index in [2.05, 4.69) is 4.98 Å². The Labute approximate surface area is 80.6 Å². The van der Waals surface area contributed by atoms with Crippen LogP contribution in [-0.4, -0.2) is 15.2 Å². The van der Waals surface area contributed by atoms with Crippen LogP contribution in [0.15, 0.2) is 24.3 Å². The number of phenolic OH excluding ortho intramolecular Hbond substituents is 1. The van der Waals surface area contributed by atoms with Crippen LogP contribution in [0.2, 0.25) is 0 Å². The van der Waals surface area contributed by atoms with Gasteiger partial charge in [-0.15, -0.1) is 0 Å². The van der Waals surface area contributed by atoms with Gasteiger partial charge in [0.1, 0.15) is 17.1 Å². The van der Waals surface area contributed by atoms with Gasteiger partial charge >= 0.3 is 0 Å². The molecule has 0 bridgehead atoms. The average Bonchev–Trinajstić information content (AvgIpc) is 2.19. The fraction of sp³-hybridized carbons (Fsp3) is 0.100. The number of hydrogen-bond donors (Lipinski definition) is 3. The van der Waals surface area contributed by atoms with E-state index in [0.29, 0.717) is 16.9 Å². The lowest BCUT2D eigenvalue weighted by Crippen LogP contribution is -1.91. The maximum Gasteiger partial charge on any atom is 0.142 e. The average molecular weight is 190 g/mol. The molecule has 2 aromatic rings. The van der Waals surface area contributed by atoms with E-state index in [1.165, 1.54) is 6.07 Å². The molecular formula is C10H10N2O2. The smallest absolute Gasteiger partial charge is 0.142 e. The molecule has 0 unspecified atom stereocenters. The first-order chi connectivity index (χ1) is 6.70. The monoisotopic (exact) mass is 190 g/mol. The Balaban J connectivity index is 2.76. The van der Waals surface area contributed by atoms with E-state index >= 15 is 0 Å². The van der Waals surface area contributed by atoms with Gasteiger partial charge in [0, 0.05) is 5.39 Å². The lowest BCUT2D eigenvalue weighted by Gasteiger charge is -2.03. The Morgan fingerprint density at radius 1 is 1.29 bits per heavy atom. The van der Waals surface area contributed by atoms with Crippen molar-refractivity contribution < 1.29 is 10.2 Å². The van der Waals surface area contributed by atoms with Gasteiger partial charge in [0.05, 0.1) is 6.61 Å². The third kappa shape index (κ3) is 1.36. The Morgan fingerprint density at radius 3 is 2.79 bits per heavy atom. The summed E-state index contributed by atoms with van der Waals surface area (Å²) in [7, 11) is 0. The fourth-order valence-electron chi connectivity index (χ4n) is 1.38. The van der Waals surface area contributed by atoms with Crippen molar-refractivity contribution in [2.24, 2.45) is 0 Å². The number of aromatic nitrogens is 1. The lowest BCUT2D eigenvalue weighted by molar-refractivity contribution is 0.281. The van der Waals surface area contributed by atoms with E-state index in [-0.39, 0.29) is 12.4 Å². The van der Waals surface area contributed by atoms with Crippen LogP contribution in [0.1, 0.15) is 5.56 Å².